The van der Waals surface area contributed by atoms with E-state index in [1.165, 1.54) is 12.8 Å². The molecule has 0 bridgehead atoms. The van der Waals surface area contributed by atoms with E-state index in [1.54, 1.807) is 4.18 Å². The van der Waals surface area contributed by atoms with Gasteiger partial charge in [0.25, 0.3) is 0 Å². The van der Waals surface area contributed by atoms with Gasteiger partial charge < -0.3 is 0 Å². The normalized spacial score (nSPS) is 15.9. The molecule has 0 aromatic heterocycles. The van der Waals surface area contributed by atoms with E-state index in [0.29, 0.717) is 0 Å². The summed E-state index contributed by atoms with van der Waals surface area (Å²) in [5.41, 5.74) is 0. The molecule has 1 aliphatic rings. The minimum absolute atomic E-state index is 0.388. The molecule has 0 aliphatic heterocycles. The zero-order chi connectivity index (χ0) is 6.53. The topological polar surface area (TPSA) is 0 Å². The first kappa shape index (κ1) is 7.46. The Balaban J connectivity index is 2.14. The van der Waals surface area contributed by atoms with E-state index in [2.05, 4.69) is 25.2 Å². The standard InChI is InChI=1S/C5H5.C3H7.In.H/c1-2-4-5-3-1;1-3-2;;/h1-3H,4H2;1,3H2,2H3;;. The van der Waals surface area contributed by atoms with Crippen LogP contribution in [0.2, 0.25) is 4.18 Å². The average molecular weight is 224 g/mol. The van der Waals surface area contributed by atoms with Crippen LogP contribution in [-0.2, 0) is 0 Å². The van der Waals surface area contributed by atoms with Gasteiger partial charge >= 0.3 is 68.4 Å². The SMILES string of the molecule is CC[CH2][InH][C]1=CC=CC1. The fourth-order valence-corrected chi connectivity index (χ4v) is 5.31. The summed E-state index contributed by atoms with van der Waals surface area (Å²) in [6, 6.07) is 0. The van der Waals surface area contributed by atoms with Crippen molar-refractivity contribution in [3.8, 4) is 0 Å². The van der Waals surface area contributed by atoms with E-state index in [4.69, 9.17) is 0 Å². The van der Waals surface area contributed by atoms with Crippen LogP contribution in [-0.4, -0.2) is 22.9 Å². The molecule has 0 radical (unpaired) electrons. The maximum atomic E-state index is 2.34. The Hall–Kier alpha value is 0.350. The van der Waals surface area contributed by atoms with Gasteiger partial charge in [0, 0.05) is 0 Å². The maximum absolute atomic E-state index is 2.34. The van der Waals surface area contributed by atoms with Crippen LogP contribution >= 0.6 is 0 Å². The first-order chi connectivity index (χ1) is 4.43. The van der Waals surface area contributed by atoms with Crippen LogP contribution < -0.4 is 0 Å². The Bertz CT molecular complexity index is 134. The van der Waals surface area contributed by atoms with Gasteiger partial charge in [-0.3, -0.25) is 0 Å². The summed E-state index contributed by atoms with van der Waals surface area (Å²) in [4.78, 5) is 0. The second-order valence-corrected chi connectivity index (χ2v) is 8.60. The van der Waals surface area contributed by atoms with Gasteiger partial charge in [0.1, 0.15) is 0 Å². The molecule has 0 unspecified atom stereocenters. The van der Waals surface area contributed by atoms with Gasteiger partial charge in [-0.1, -0.05) is 0 Å². The van der Waals surface area contributed by atoms with Gasteiger partial charge in [0.2, 0.25) is 0 Å². The van der Waals surface area contributed by atoms with Gasteiger partial charge in [0.05, 0.1) is 0 Å². The Morgan fingerprint density at radius 2 is 2.56 bits per heavy atom. The van der Waals surface area contributed by atoms with Gasteiger partial charge in [-0.05, 0) is 0 Å². The van der Waals surface area contributed by atoms with Gasteiger partial charge in [-0.25, -0.2) is 0 Å². The molecule has 0 nitrogen and oxygen atoms in total. The van der Waals surface area contributed by atoms with E-state index in [1.807, 2.05) is 3.33 Å². The number of allylic oxidation sites excluding steroid dienone is 4. The molecule has 1 heteroatoms. The number of rotatable bonds is 3. The summed E-state index contributed by atoms with van der Waals surface area (Å²) < 4.78 is 3.38. The summed E-state index contributed by atoms with van der Waals surface area (Å²) in [6.45, 7) is 2.29. The molecule has 0 amide bonds. The van der Waals surface area contributed by atoms with E-state index in [0.717, 1.165) is 0 Å². The van der Waals surface area contributed by atoms with Gasteiger partial charge in [0.15, 0.2) is 0 Å². The van der Waals surface area contributed by atoms with E-state index in [9.17, 15) is 0 Å². The second kappa shape index (κ2) is 4.21. The molecular weight excluding hydrogens is 211 g/mol. The summed E-state index contributed by atoms with van der Waals surface area (Å²) in [7, 11) is 0. The van der Waals surface area contributed by atoms with Crippen molar-refractivity contribution in [2.45, 2.75) is 23.9 Å². The van der Waals surface area contributed by atoms with Crippen molar-refractivity contribution in [1.82, 2.24) is 0 Å². The predicted molar refractivity (Wildman–Crippen MR) is 44.1 cm³/mol. The molecule has 9 heavy (non-hydrogen) atoms. The van der Waals surface area contributed by atoms with Crippen LogP contribution in [0, 0.1) is 0 Å². The minimum atomic E-state index is -0.388. The fourth-order valence-electron chi connectivity index (χ4n) is 1.08. The summed E-state index contributed by atoms with van der Waals surface area (Å²) >= 11 is -0.388. The molecule has 0 heterocycles. The van der Waals surface area contributed by atoms with Crippen molar-refractivity contribution < 1.29 is 0 Å². The first-order valence-corrected chi connectivity index (χ1v) is 8.65. The molecular formula is C8H13In. The number of hydrogen-bond donors (Lipinski definition) is 0. The third kappa shape index (κ3) is 2.61. The molecule has 0 saturated carbocycles. The van der Waals surface area contributed by atoms with Crippen LogP contribution in [0.4, 0.5) is 0 Å². The molecule has 1 aliphatic carbocycles. The molecule has 0 N–H and O–H groups in total. The first-order valence-electron chi connectivity index (χ1n) is 3.78. The fraction of sp³-hybridized carbons (Fsp3) is 0.500. The van der Waals surface area contributed by atoms with Crippen molar-refractivity contribution in [1.29, 1.82) is 0 Å². The van der Waals surface area contributed by atoms with Crippen molar-refractivity contribution >= 4 is 22.9 Å². The van der Waals surface area contributed by atoms with Crippen LogP contribution in [0.3, 0.4) is 0 Å². The quantitative estimate of drug-likeness (QED) is 0.688. The van der Waals surface area contributed by atoms with Gasteiger partial charge in [-0.15, -0.1) is 0 Å². The van der Waals surface area contributed by atoms with Crippen molar-refractivity contribution in [3.05, 3.63) is 21.6 Å². The van der Waals surface area contributed by atoms with Crippen molar-refractivity contribution in [3.63, 3.8) is 0 Å². The van der Waals surface area contributed by atoms with Crippen LogP contribution in [0.25, 0.3) is 0 Å². The Morgan fingerprint density at radius 1 is 1.67 bits per heavy atom. The zero-order valence-electron chi connectivity index (χ0n) is 6.06. The molecule has 0 atom stereocenters. The molecule has 0 saturated heterocycles. The second-order valence-electron chi connectivity index (χ2n) is 2.56. The summed E-state index contributed by atoms with van der Waals surface area (Å²) in [6.07, 6.45) is 9.54. The van der Waals surface area contributed by atoms with Crippen LogP contribution in [0.15, 0.2) is 21.6 Å². The average Bonchev–Trinajstić information content (AvgIpc) is 2.34. The Morgan fingerprint density at radius 3 is 3.11 bits per heavy atom. The molecule has 48 valence electrons. The summed E-state index contributed by atoms with van der Waals surface area (Å²) in [5.74, 6) is 0. The number of hydrogen-bond acceptors (Lipinski definition) is 0. The van der Waals surface area contributed by atoms with E-state index >= 15 is 0 Å². The third-order valence-corrected chi connectivity index (χ3v) is 8.06. The van der Waals surface area contributed by atoms with Crippen molar-refractivity contribution in [2.75, 3.05) is 0 Å². The monoisotopic (exact) mass is 224 g/mol. The van der Waals surface area contributed by atoms with Crippen molar-refractivity contribution in [2.24, 2.45) is 0 Å². The molecule has 0 fully saturated rings. The van der Waals surface area contributed by atoms with Crippen LogP contribution in [0.1, 0.15) is 19.8 Å². The zero-order valence-corrected chi connectivity index (χ0v) is 10.1. The molecule has 1 rings (SSSR count). The Kier molecular flexibility index (Phi) is 3.49. The van der Waals surface area contributed by atoms with E-state index in [-0.39, 0.29) is 22.9 Å². The molecule has 0 aromatic rings. The van der Waals surface area contributed by atoms with E-state index < -0.39 is 0 Å². The molecule has 0 spiro atoms. The van der Waals surface area contributed by atoms with Crippen LogP contribution in [0.5, 0.6) is 0 Å². The summed E-state index contributed by atoms with van der Waals surface area (Å²) in [5, 5.41) is 0. The Labute approximate surface area is 68.4 Å². The predicted octanol–water partition coefficient (Wildman–Crippen LogP) is 2.09. The third-order valence-electron chi connectivity index (χ3n) is 1.70. The van der Waals surface area contributed by atoms with Gasteiger partial charge in [-0.2, -0.15) is 0 Å². The molecule has 0 aromatic carbocycles.